The lowest BCUT2D eigenvalue weighted by Gasteiger charge is -2.31. The predicted octanol–water partition coefficient (Wildman–Crippen LogP) is 3.50. The number of amides is 1. The zero-order valence-corrected chi connectivity index (χ0v) is 16.3. The molecule has 1 aliphatic rings. The Labute approximate surface area is 168 Å². The molecule has 1 aliphatic heterocycles. The number of piperidine rings is 1. The third kappa shape index (κ3) is 4.16. The molecule has 1 saturated heterocycles. The van der Waals surface area contributed by atoms with E-state index in [1.807, 2.05) is 53.4 Å². The number of likely N-dealkylation sites (tertiary alicyclic amines) is 1. The maximum Gasteiger partial charge on any atom is 0.419 e. The smallest absolute Gasteiger partial charge is 0.408 e. The number of hydrogen-bond acceptors (Lipinski definition) is 4. The Kier molecular flexibility index (Phi) is 5.60. The summed E-state index contributed by atoms with van der Waals surface area (Å²) in [5, 5.41) is 0. The van der Waals surface area contributed by atoms with Crippen LogP contribution in [-0.2, 0) is 11.3 Å². The fourth-order valence-electron chi connectivity index (χ4n) is 4.00. The second-order valence-corrected chi connectivity index (χ2v) is 7.48. The number of carbonyl (C=O) groups is 2. The average Bonchev–Trinajstić information content (AvgIpc) is 3.09. The van der Waals surface area contributed by atoms with Gasteiger partial charge < -0.3 is 9.32 Å². The minimum Gasteiger partial charge on any atom is -0.408 e. The van der Waals surface area contributed by atoms with Gasteiger partial charge in [-0.1, -0.05) is 42.5 Å². The molecule has 1 fully saturated rings. The molecular weight excluding hydrogens is 368 g/mol. The molecule has 150 valence electrons. The van der Waals surface area contributed by atoms with Crippen LogP contribution in [0.15, 0.2) is 63.8 Å². The van der Waals surface area contributed by atoms with E-state index in [1.165, 1.54) is 0 Å². The second kappa shape index (κ2) is 8.47. The summed E-state index contributed by atoms with van der Waals surface area (Å²) in [6, 6.07) is 16.6. The van der Waals surface area contributed by atoms with Crippen LogP contribution in [-0.4, -0.2) is 34.2 Å². The fourth-order valence-corrected chi connectivity index (χ4v) is 4.00. The number of rotatable bonds is 6. The number of oxazole rings is 1. The van der Waals surface area contributed by atoms with Crippen molar-refractivity contribution in [2.24, 2.45) is 5.92 Å². The summed E-state index contributed by atoms with van der Waals surface area (Å²) in [5.74, 6) is -0.156. The van der Waals surface area contributed by atoms with Gasteiger partial charge in [0, 0.05) is 37.5 Å². The number of carbonyl (C=O) groups excluding carboxylic acids is 2. The number of fused-ring (bicyclic) bond motifs is 1. The summed E-state index contributed by atoms with van der Waals surface area (Å²) >= 11 is 0. The van der Waals surface area contributed by atoms with E-state index in [-0.39, 0.29) is 23.4 Å². The van der Waals surface area contributed by atoms with Crippen molar-refractivity contribution in [3.05, 3.63) is 70.7 Å². The lowest BCUT2D eigenvalue weighted by atomic mass is 9.89. The van der Waals surface area contributed by atoms with Gasteiger partial charge >= 0.3 is 5.76 Å². The number of aromatic nitrogens is 1. The monoisotopic (exact) mass is 392 g/mol. The molecule has 0 saturated carbocycles. The van der Waals surface area contributed by atoms with Gasteiger partial charge in [0.25, 0.3) is 0 Å². The van der Waals surface area contributed by atoms with Crippen molar-refractivity contribution >= 4 is 22.8 Å². The first-order chi connectivity index (χ1) is 14.1. The van der Waals surface area contributed by atoms with E-state index in [0.29, 0.717) is 50.9 Å². The number of nitrogens with zero attached hydrogens (tertiary/aromatic N) is 2. The molecule has 0 unspecified atom stereocenters. The van der Waals surface area contributed by atoms with Crippen molar-refractivity contribution in [2.45, 2.75) is 32.2 Å². The highest BCUT2D eigenvalue weighted by atomic mass is 16.4. The minimum absolute atomic E-state index is 0.0164. The number of benzene rings is 2. The SMILES string of the molecule is O=C(c1ccccc1)C1CCN(C(=O)CCCn2c(=O)oc3ccccc32)CC1. The Balaban J connectivity index is 1.27. The van der Waals surface area contributed by atoms with Gasteiger partial charge in [-0.05, 0) is 31.4 Å². The van der Waals surface area contributed by atoms with Gasteiger partial charge in [-0.25, -0.2) is 4.79 Å². The van der Waals surface area contributed by atoms with Gasteiger partial charge in [0.05, 0.1) is 5.52 Å². The normalized spacial score (nSPS) is 15.0. The number of aryl methyl sites for hydroxylation is 1. The van der Waals surface area contributed by atoms with E-state index >= 15 is 0 Å². The highest BCUT2D eigenvalue weighted by Gasteiger charge is 2.27. The van der Waals surface area contributed by atoms with Crippen LogP contribution in [0.1, 0.15) is 36.0 Å². The molecule has 0 bridgehead atoms. The zero-order valence-electron chi connectivity index (χ0n) is 16.3. The van der Waals surface area contributed by atoms with Gasteiger partial charge in [0.1, 0.15) is 0 Å². The van der Waals surface area contributed by atoms with Crippen LogP contribution in [0.5, 0.6) is 0 Å². The summed E-state index contributed by atoms with van der Waals surface area (Å²) < 4.78 is 6.80. The lowest BCUT2D eigenvalue weighted by Crippen LogP contribution is -2.40. The summed E-state index contributed by atoms with van der Waals surface area (Å²) in [7, 11) is 0. The topological polar surface area (TPSA) is 72.5 Å². The molecule has 0 atom stereocenters. The summed E-state index contributed by atoms with van der Waals surface area (Å²) in [4.78, 5) is 39.0. The van der Waals surface area contributed by atoms with E-state index in [9.17, 15) is 14.4 Å². The Morgan fingerprint density at radius 2 is 1.66 bits per heavy atom. The summed E-state index contributed by atoms with van der Waals surface area (Å²) in [6.45, 7) is 1.66. The van der Waals surface area contributed by atoms with E-state index in [4.69, 9.17) is 4.42 Å². The molecule has 2 aromatic carbocycles. The van der Waals surface area contributed by atoms with Gasteiger partial charge in [-0.2, -0.15) is 0 Å². The zero-order chi connectivity index (χ0) is 20.2. The summed E-state index contributed by atoms with van der Waals surface area (Å²) in [5.41, 5.74) is 2.06. The molecule has 0 aliphatic carbocycles. The molecule has 0 N–H and O–H groups in total. The Morgan fingerprint density at radius 1 is 0.966 bits per heavy atom. The molecule has 1 amide bonds. The van der Waals surface area contributed by atoms with Crippen LogP contribution in [0, 0.1) is 5.92 Å². The van der Waals surface area contributed by atoms with Crippen LogP contribution < -0.4 is 5.76 Å². The Morgan fingerprint density at radius 3 is 2.41 bits per heavy atom. The first-order valence-corrected chi connectivity index (χ1v) is 10.1. The van der Waals surface area contributed by atoms with Crippen LogP contribution in [0.2, 0.25) is 0 Å². The van der Waals surface area contributed by atoms with Crippen molar-refractivity contribution in [2.75, 3.05) is 13.1 Å². The third-order valence-corrected chi connectivity index (χ3v) is 5.62. The largest absolute Gasteiger partial charge is 0.419 e. The van der Waals surface area contributed by atoms with Crippen LogP contribution in [0.4, 0.5) is 0 Å². The molecular formula is C23H24N2O4. The summed E-state index contributed by atoms with van der Waals surface area (Å²) in [6.07, 6.45) is 2.35. The number of Topliss-reactive ketones (excluding diaryl/α,β-unsaturated/α-hetero) is 1. The molecule has 29 heavy (non-hydrogen) atoms. The van der Waals surface area contributed by atoms with Crippen molar-refractivity contribution < 1.29 is 14.0 Å². The van der Waals surface area contributed by atoms with Crippen LogP contribution in [0.3, 0.4) is 0 Å². The molecule has 3 aromatic rings. The van der Waals surface area contributed by atoms with E-state index in [1.54, 1.807) is 10.6 Å². The molecule has 4 rings (SSSR count). The Hall–Kier alpha value is -3.15. The average molecular weight is 392 g/mol. The number of ketones is 1. The van der Waals surface area contributed by atoms with E-state index < -0.39 is 0 Å². The predicted molar refractivity (Wildman–Crippen MR) is 110 cm³/mol. The maximum absolute atomic E-state index is 12.6. The molecule has 0 spiro atoms. The van der Waals surface area contributed by atoms with Gasteiger partial charge in [0.2, 0.25) is 5.91 Å². The van der Waals surface area contributed by atoms with Crippen LogP contribution >= 0.6 is 0 Å². The lowest BCUT2D eigenvalue weighted by molar-refractivity contribution is -0.132. The van der Waals surface area contributed by atoms with Gasteiger partial charge in [-0.15, -0.1) is 0 Å². The third-order valence-electron chi connectivity index (χ3n) is 5.62. The molecule has 6 nitrogen and oxygen atoms in total. The Bertz CT molecular complexity index is 1060. The van der Waals surface area contributed by atoms with Gasteiger partial charge in [-0.3, -0.25) is 14.2 Å². The van der Waals surface area contributed by atoms with Gasteiger partial charge in [0.15, 0.2) is 11.4 Å². The van der Waals surface area contributed by atoms with E-state index in [2.05, 4.69) is 0 Å². The van der Waals surface area contributed by atoms with E-state index in [0.717, 1.165) is 11.1 Å². The molecule has 6 heteroatoms. The highest BCUT2D eigenvalue weighted by molar-refractivity contribution is 5.98. The highest BCUT2D eigenvalue weighted by Crippen LogP contribution is 2.22. The molecule has 2 heterocycles. The quantitative estimate of drug-likeness (QED) is 0.602. The minimum atomic E-state index is -0.390. The number of hydrogen-bond donors (Lipinski definition) is 0. The first kappa shape index (κ1) is 19.2. The molecule has 1 aromatic heterocycles. The van der Waals surface area contributed by atoms with Crippen molar-refractivity contribution in [3.8, 4) is 0 Å². The molecule has 0 radical (unpaired) electrons. The second-order valence-electron chi connectivity index (χ2n) is 7.48. The van der Waals surface area contributed by atoms with Crippen molar-refractivity contribution in [3.63, 3.8) is 0 Å². The number of para-hydroxylation sites is 2. The fraction of sp³-hybridized carbons (Fsp3) is 0.348. The van der Waals surface area contributed by atoms with Crippen molar-refractivity contribution in [1.82, 2.24) is 9.47 Å². The standard InChI is InChI=1S/C23H24N2O4/c26-21(11-6-14-25-19-9-4-5-10-20(19)29-23(25)28)24-15-12-18(13-16-24)22(27)17-7-2-1-3-8-17/h1-5,7-10,18H,6,11-16H2. The van der Waals surface area contributed by atoms with Crippen LogP contribution in [0.25, 0.3) is 11.1 Å². The first-order valence-electron chi connectivity index (χ1n) is 10.1. The van der Waals surface area contributed by atoms with Crippen molar-refractivity contribution in [1.29, 1.82) is 0 Å². The maximum atomic E-state index is 12.6.